The first-order chi connectivity index (χ1) is 9.66. The number of anilines is 1. The van der Waals surface area contributed by atoms with E-state index < -0.39 is 4.92 Å². The van der Waals surface area contributed by atoms with Gasteiger partial charge in [-0.15, -0.1) is 0 Å². The molecule has 20 heavy (non-hydrogen) atoms. The molecule has 2 unspecified atom stereocenters. The topological polar surface area (TPSA) is 71.3 Å². The van der Waals surface area contributed by atoms with Gasteiger partial charge in [0.05, 0.1) is 9.95 Å². The third kappa shape index (κ3) is 2.45. The quantitative estimate of drug-likeness (QED) is 0.685. The van der Waals surface area contributed by atoms with Crippen molar-refractivity contribution in [1.82, 2.24) is 10.3 Å². The molecular weight excluding hydrogens is 280 g/mol. The van der Waals surface area contributed by atoms with Crippen molar-refractivity contribution in [3.8, 4) is 0 Å². The van der Waals surface area contributed by atoms with Gasteiger partial charge in [0.2, 0.25) is 0 Å². The maximum absolute atomic E-state index is 10.7. The largest absolute Gasteiger partial charge is 0.351 e. The Hall–Kier alpha value is -1.40. The molecule has 7 heteroatoms. The highest BCUT2D eigenvalue weighted by Crippen LogP contribution is 2.34. The zero-order chi connectivity index (χ0) is 14.1. The van der Waals surface area contributed by atoms with Gasteiger partial charge >= 0.3 is 0 Å². The number of rotatable bonds is 3. The smallest absolute Gasteiger partial charge is 0.289 e. The lowest BCUT2D eigenvalue weighted by atomic mass is 10.0. The van der Waals surface area contributed by atoms with E-state index in [1.54, 1.807) is 0 Å². The summed E-state index contributed by atoms with van der Waals surface area (Å²) < 4.78 is 0. The summed E-state index contributed by atoms with van der Waals surface area (Å²) in [6.45, 7) is 1.98. The van der Waals surface area contributed by atoms with Gasteiger partial charge in [-0.25, -0.2) is 4.98 Å². The van der Waals surface area contributed by atoms with Gasteiger partial charge in [0.1, 0.15) is 12.0 Å². The molecule has 1 aromatic heterocycles. The first-order valence-corrected chi connectivity index (χ1v) is 7.34. The van der Waals surface area contributed by atoms with Crippen LogP contribution in [0.25, 0.3) is 0 Å². The minimum atomic E-state index is -0.470. The summed E-state index contributed by atoms with van der Waals surface area (Å²) in [5.41, 5.74) is -0.0616. The lowest BCUT2D eigenvalue weighted by Crippen LogP contribution is -2.44. The van der Waals surface area contributed by atoms with Crippen molar-refractivity contribution in [2.24, 2.45) is 0 Å². The summed E-state index contributed by atoms with van der Waals surface area (Å²) in [5, 5.41) is 14.6. The summed E-state index contributed by atoms with van der Waals surface area (Å²) in [6.07, 6.45) is 5.89. The van der Waals surface area contributed by atoms with E-state index >= 15 is 0 Å². The zero-order valence-electron chi connectivity index (χ0n) is 11.1. The van der Waals surface area contributed by atoms with Crippen LogP contribution in [0, 0.1) is 10.1 Å². The minimum Gasteiger partial charge on any atom is -0.351 e. The first kappa shape index (κ1) is 13.6. The highest BCUT2D eigenvalue weighted by atomic mass is 35.5. The average Bonchev–Trinajstić information content (AvgIpc) is 3.09. The molecule has 2 aliphatic rings. The molecule has 2 fully saturated rings. The normalized spacial score (nSPS) is 26.1. The van der Waals surface area contributed by atoms with Crippen molar-refractivity contribution < 1.29 is 4.92 Å². The molecule has 1 aromatic rings. The Morgan fingerprint density at radius 2 is 2.30 bits per heavy atom. The van der Waals surface area contributed by atoms with Gasteiger partial charge < -0.3 is 10.2 Å². The van der Waals surface area contributed by atoms with E-state index in [9.17, 15) is 10.1 Å². The van der Waals surface area contributed by atoms with Gasteiger partial charge in [-0.2, -0.15) is 0 Å². The fourth-order valence-electron chi connectivity index (χ4n) is 3.25. The second-order valence-electron chi connectivity index (χ2n) is 5.36. The predicted molar refractivity (Wildman–Crippen MR) is 77.3 cm³/mol. The van der Waals surface area contributed by atoms with Crippen LogP contribution in [0.4, 0.5) is 11.5 Å². The van der Waals surface area contributed by atoms with Crippen LogP contribution in [0.5, 0.6) is 0 Å². The first-order valence-electron chi connectivity index (χ1n) is 6.97. The molecule has 0 radical (unpaired) electrons. The summed E-state index contributed by atoms with van der Waals surface area (Å²) in [4.78, 5) is 16.7. The molecule has 0 aliphatic carbocycles. The van der Waals surface area contributed by atoms with Crippen molar-refractivity contribution >= 4 is 23.1 Å². The Kier molecular flexibility index (Phi) is 3.76. The van der Waals surface area contributed by atoms with Crippen LogP contribution in [0.15, 0.2) is 12.3 Å². The Morgan fingerprint density at radius 1 is 1.45 bits per heavy atom. The molecule has 2 aliphatic heterocycles. The van der Waals surface area contributed by atoms with Crippen molar-refractivity contribution in [3.63, 3.8) is 0 Å². The number of pyridine rings is 1. The van der Waals surface area contributed by atoms with Gasteiger partial charge in [0.25, 0.3) is 5.69 Å². The van der Waals surface area contributed by atoms with E-state index in [0.29, 0.717) is 22.9 Å². The van der Waals surface area contributed by atoms with E-state index in [2.05, 4.69) is 15.2 Å². The fourth-order valence-corrected chi connectivity index (χ4v) is 3.51. The van der Waals surface area contributed by atoms with Crippen LogP contribution in [0.2, 0.25) is 5.02 Å². The van der Waals surface area contributed by atoms with Crippen molar-refractivity contribution in [2.75, 3.05) is 18.0 Å². The number of nitrogens with zero attached hydrogens (tertiary/aromatic N) is 3. The monoisotopic (exact) mass is 296 g/mol. The summed E-state index contributed by atoms with van der Waals surface area (Å²) >= 11 is 6.20. The molecule has 6 nitrogen and oxygen atoms in total. The molecule has 3 heterocycles. The number of nitro groups is 1. The second-order valence-corrected chi connectivity index (χ2v) is 5.77. The predicted octanol–water partition coefficient (Wildman–Crippen LogP) is 2.36. The van der Waals surface area contributed by atoms with E-state index in [4.69, 9.17) is 11.6 Å². The molecular formula is C13H17ClN4O2. The van der Waals surface area contributed by atoms with E-state index in [1.807, 2.05) is 0 Å². The minimum absolute atomic E-state index is 0.0616. The molecule has 0 saturated carbocycles. The molecule has 108 valence electrons. The number of hydrogen-bond acceptors (Lipinski definition) is 5. The lowest BCUT2D eigenvalue weighted by Gasteiger charge is -2.30. The van der Waals surface area contributed by atoms with Gasteiger partial charge in [0, 0.05) is 24.7 Å². The molecule has 0 bridgehead atoms. The number of hydrogen-bond donors (Lipinski definition) is 1. The van der Waals surface area contributed by atoms with Crippen molar-refractivity contribution in [3.05, 3.63) is 27.4 Å². The molecule has 2 saturated heterocycles. The molecule has 0 spiro atoms. The van der Waals surface area contributed by atoms with Crippen LogP contribution in [0.1, 0.15) is 25.7 Å². The third-order valence-electron chi connectivity index (χ3n) is 4.15. The lowest BCUT2D eigenvalue weighted by molar-refractivity contribution is -0.385. The molecule has 3 rings (SSSR count). The Balaban J connectivity index is 1.85. The highest BCUT2D eigenvalue weighted by Gasteiger charge is 2.35. The molecule has 2 atom stereocenters. The van der Waals surface area contributed by atoms with Crippen molar-refractivity contribution in [1.29, 1.82) is 0 Å². The number of aromatic nitrogens is 1. The van der Waals surface area contributed by atoms with Crippen LogP contribution in [-0.2, 0) is 0 Å². The Bertz CT molecular complexity index is 519. The summed E-state index contributed by atoms with van der Waals surface area (Å²) in [5.74, 6) is 0.675. The Morgan fingerprint density at radius 3 is 2.95 bits per heavy atom. The van der Waals surface area contributed by atoms with Crippen molar-refractivity contribution in [2.45, 2.75) is 37.8 Å². The van der Waals surface area contributed by atoms with Crippen LogP contribution < -0.4 is 10.2 Å². The second kappa shape index (κ2) is 5.54. The number of nitrogens with one attached hydrogen (secondary N) is 1. The van der Waals surface area contributed by atoms with Crippen LogP contribution >= 0.6 is 11.6 Å². The van der Waals surface area contributed by atoms with Gasteiger partial charge in [-0.3, -0.25) is 10.1 Å². The van der Waals surface area contributed by atoms with Gasteiger partial charge in [0.15, 0.2) is 0 Å². The summed E-state index contributed by atoms with van der Waals surface area (Å²) in [6, 6.07) is 2.26. The fraction of sp³-hybridized carbons (Fsp3) is 0.615. The van der Waals surface area contributed by atoms with E-state index in [1.165, 1.54) is 25.1 Å². The van der Waals surface area contributed by atoms with E-state index in [-0.39, 0.29) is 5.69 Å². The zero-order valence-corrected chi connectivity index (χ0v) is 11.8. The highest BCUT2D eigenvalue weighted by molar-refractivity contribution is 6.33. The average molecular weight is 297 g/mol. The SMILES string of the molecule is O=[N+]([O-])c1cnc(N2CCCC2C2CCCN2)c(Cl)c1. The van der Waals surface area contributed by atoms with Crippen LogP contribution in [-0.4, -0.2) is 35.1 Å². The maximum atomic E-state index is 10.7. The van der Waals surface area contributed by atoms with Gasteiger partial charge in [-0.1, -0.05) is 11.6 Å². The standard InChI is InChI=1S/C13H17ClN4O2/c14-10-7-9(18(19)20)8-16-13(10)17-6-2-4-12(17)11-3-1-5-15-11/h7-8,11-12,15H,1-6H2. The third-order valence-corrected chi connectivity index (χ3v) is 4.43. The molecule has 0 amide bonds. The van der Waals surface area contributed by atoms with E-state index in [0.717, 1.165) is 25.9 Å². The maximum Gasteiger partial charge on any atom is 0.289 e. The van der Waals surface area contributed by atoms with Gasteiger partial charge in [-0.05, 0) is 32.2 Å². The Labute approximate surface area is 122 Å². The number of halogens is 1. The van der Waals surface area contributed by atoms with Crippen LogP contribution in [0.3, 0.4) is 0 Å². The summed E-state index contributed by atoms with van der Waals surface area (Å²) in [7, 11) is 0. The molecule has 1 N–H and O–H groups in total. The molecule has 0 aromatic carbocycles.